The Morgan fingerprint density at radius 2 is 1.95 bits per heavy atom. The molecule has 0 aliphatic carbocycles. The lowest BCUT2D eigenvalue weighted by atomic mass is 9.85. The summed E-state index contributed by atoms with van der Waals surface area (Å²) in [4.78, 5) is 12.8. The molecule has 6 heteroatoms. The van der Waals surface area contributed by atoms with Gasteiger partial charge in [-0.1, -0.05) is 0 Å². The summed E-state index contributed by atoms with van der Waals surface area (Å²) in [5.74, 6) is 0.255. The Morgan fingerprint density at radius 1 is 1.29 bits per heavy atom. The van der Waals surface area contributed by atoms with E-state index in [1.54, 1.807) is 7.11 Å². The van der Waals surface area contributed by atoms with Crippen LogP contribution in [0.5, 0.6) is 0 Å². The third-order valence-electron chi connectivity index (χ3n) is 5.18. The number of likely N-dealkylation sites (N-methyl/N-ethyl adjacent to an activating group) is 1. The van der Waals surface area contributed by atoms with Crippen molar-refractivity contribution in [2.45, 2.75) is 37.3 Å². The Kier molecular flexibility index (Phi) is 4.08. The SMILES string of the molecule is COCC1CCC2(CCN(c3ncc(F)cn3)CC2)N1C. The van der Waals surface area contributed by atoms with Gasteiger partial charge in [0.15, 0.2) is 5.82 Å². The van der Waals surface area contributed by atoms with E-state index < -0.39 is 0 Å². The topological polar surface area (TPSA) is 41.5 Å². The van der Waals surface area contributed by atoms with E-state index in [0.29, 0.717) is 17.5 Å². The zero-order valence-corrected chi connectivity index (χ0v) is 12.8. The molecular formula is C15H23FN4O. The van der Waals surface area contributed by atoms with Crippen molar-refractivity contribution in [1.82, 2.24) is 14.9 Å². The highest BCUT2D eigenvalue weighted by Crippen LogP contribution is 2.40. The number of anilines is 1. The van der Waals surface area contributed by atoms with Gasteiger partial charge >= 0.3 is 0 Å². The predicted molar refractivity (Wildman–Crippen MR) is 78.8 cm³/mol. The molecule has 1 atom stereocenters. The van der Waals surface area contributed by atoms with Gasteiger partial charge in [0.05, 0.1) is 19.0 Å². The Balaban J connectivity index is 1.64. The number of piperidine rings is 1. The Hall–Kier alpha value is -1.27. The first kappa shape index (κ1) is 14.7. The van der Waals surface area contributed by atoms with Crippen LogP contribution in [0.4, 0.5) is 10.3 Å². The van der Waals surface area contributed by atoms with Crippen LogP contribution in [-0.4, -0.2) is 60.3 Å². The van der Waals surface area contributed by atoms with Crippen LogP contribution in [0.25, 0.3) is 0 Å². The summed E-state index contributed by atoms with van der Waals surface area (Å²) in [5.41, 5.74) is 0.291. The predicted octanol–water partition coefficient (Wildman–Crippen LogP) is 1.70. The number of nitrogens with zero attached hydrogens (tertiary/aromatic N) is 4. The molecule has 2 aliphatic rings. The van der Waals surface area contributed by atoms with E-state index in [9.17, 15) is 4.39 Å². The highest BCUT2D eigenvalue weighted by atomic mass is 19.1. The van der Waals surface area contributed by atoms with Crippen molar-refractivity contribution in [1.29, 1.82) is 0 Å². The van der Waals surface area contributed by atoms with Gasteiger partial charge in [-0.05, 0) is 32.7 Å². The van der Waals surface area contributed by atoms with Crippen LogP contribution in [0.2, 0.25) is 0 Å². The molecule has 0 bridgehead atoms. The largest absolute Gasteiger partial charge is 0.383 e. The first-order chi connectivity index (χ1) is 10.1. The van der Waals surface area contributed by atoms with Gasteiger partial charge < -0.3 is 9.64 Å². The van der Waals surface area contributed by atoms with Crippen molar-refractivity contribution in [2.24, 2.45) is 0 Å². The summed E-state index contributed by atoms with van der Waals surface area (Å²) in [7, 11) is 3.99. The van der Waals surface area contributed by atoms with Crippen molar-refractivity contribution in [3.63, 3.8) is 0 Å². The van der Waals surface area contributed by atoms with E-state index in [4.69, 9.17) is 4.74 Å². The van der Waals surface area contributed by atoms with E-state index in [2.05, 4.69) is 26.8 Å². The summed E-state index contributed by atoms with van der Waals surface area (Å²) in [6.45, 7) is 2.66. The van der Waals surface area contributed by atoms with Crippen molar-refractivity contribution in [3.8, 4) is 0 Å². The zero-order chi connectivity index (χ0) is 14.9. The summed E-state index contributed by atoms with van der Waals surface area (Å²) in [6, 6.07) is 0.531. The summed E-state index contributed by atoms with van der Waals surface area (Å²) < 4.78 is 18.2. The number of hydrogen-bond acceptors (Lipinski definition) is 5. The number of halogens is 1. The van der Waals surface area contributed by atoms with Gasteiger partial charge in [0, 0.05) is 31.8 Å². The maximum Gasteiger partial charge on any atom is 0.225 e. The monoisotopic (exact) mass is 294 g/mol. The Bertz CT molecular complexity index is 473. The molecule has 3 rings (SSSR count). The third-order valence-corrected chi connectivity index (χ3v) is 5.18. The fraction of sp³-hybridized carbons (Fsp3) is 0.733. The van der Waals surface area contributed by atoms with Gasteiger partial charge in [-0.15, -0.1) is 0 Å². The lowest BCUT2D eigenvalue weighted by molar-refractivity contribution is 0.0606. The van der Waals surface area contributed by atoms with Crippen LogP contribution in [0, 0.1) is 5.82 Å². The van der Waals surface area contributed by atoms with Crippen LogP contribution in [0.3, 0.4) is 0 Å². The number of aromatic nitrogens is 2. The summed E-state index contributed by atoms with van der Waals surface area (Å²) >= 11 is 0. The van der Waals surface area contributed by atoms with E-state index >= 15 is 0 Å². The molecule has 1 spiro atoms. The number of methoxy groups -OCH3 is 1. The molecule has 0 aromatic carbocycles. The molecule has 2 saturated heterocycles. The van der Waals surface area contributed by atoms with E-state index in [1.165, 1.54) is 25.2 Å². The standard InChI is InChI=1S/C15H23FN4O/c1-19-13(11-21-2)3-4-15(19)5-7-20(8-6-15)14-17-9-12(16)10-18-14/h9-10,13H,3-8,11H2,1-2H3. The van der Waals surface area contributed by atoms with Gasteiger partial charge in [0.2, 0.25) is 5.95 Å². The maximum atomic E-state index is 12.9. The second-order valence-corrected chi connectivity index (χ2v) is 6.17. The lowest BCUT2D eigenvalue weighted by Gasteiger charge is -2.45. The smallest absolute Gasteiger partial charge is 0.225 e. The summed E-state index contributed by atoms with van der Waals surface area (Å²) in [6.07, 6.45) is 7.12. The van der Waals surface area contributed by atoms with Gasteiger partial charge in [-0.2, -0.15) is 0 Å². The zero-order valence-electron chi connectivity index (χ0n) is 12.8. The van der Waals surface area contributed by atoms with Gasteiger partial charge in [-0.25, -0.2) is 14.4 Å². The van der Waals surface area contributed by atoms with Gasteiger partial charge in [-0.3, -0.25) is 4.90 Å². The average Bonchev–Trinajstić information content (AvgIpc) is 2.79. The number of hydrogen-bond donors (Lipinski definition) is 0. The second kappa shape index (κ2) is 5.85. The molecule has 21 heavy (non-hydrogen) atoms. The molecular weight excluding hydrogens is 271 g/mol. The first-order valence-corrected chi connectivity index (χ1v) is 7.59. The minimum atomic E-state index is -0.384. The molecule has 0 radical (unpaired) electrons. The molecule has 116 valence electrons. The second-order valence-electron chi connectivity index (χ2n) is 6.17. The molecule has 2 aliphatic heterocycles. The Labute approximate surface area is 125 Å². The number of rotatable bonds is 3. The molecule has 0 N–H and O–H groups in total. The third kappa shape index (κ3) is 2.74. The van der Waals surface area contributed by atoms with Crippen LogP contribution >= 0.6 is 0 Å². The van der Waals surface area contributed by atoms with Crippen LogP contribution in [-0.2, 0) is 4.74 Å². The molecule has 2 fully saturated rings. The molecule has 1 aromatic rings. The van der Waals surface area contributed by atoms with E-state index in [1.807, 2.05) is 0 Å². The van der Waals surface area contributed by atoms with Crippen molar-refractivity contribution in [3.05, 3.63) is 18.2 Å². The van der Waals surface area contributed by atoms with Crippen molar-refractivity contribution < 1.29 is 9.13 Å². The number of likely N-dealkylation sites (tertiary alicyclic amines) is 1. The average molecular weight is 294 g/mol. The summed E-state index contributed by atoms with van der Waals surface area (Å²) in [5, 5.41) is 0. The molecule has 5 nitrogen and oxygen atoms in total. The molecule has 3 heterocycles. The number of ether oxygens (including phenoxy) is 1. The highest BCUT2D eigenvalue weighted by molar-refractivity contribution is 5.30. The fourth-order valence-corrected chi connectivity index (χ4v) is 3.77. The van der Waals surface area contributed by atoms with Gasteiger partial charge in [0.1, 0.15) is 0 Å². The normalized spacial score (nSPS) is 25.7. The minimum Gasteiger partial charge on any atom is -0.383 e. The van der Waals surface area contributed by atoms with E-state index in [0.717, 1.165) is 32.5 Å². The maximum absolute atomic E-state index is 12.9. The van der Waals surface area contributed by atoms with Crippen LogP contribution < -0.4 is 4.90 Å². The van der Waals surface area contributed by atoms with Crippen molar-refractivity contribution in [2.75, 3.05) is 38.8 Å². The molecule has 0 saturated carbocycles. The van der Waals surface area contributed by atoms with Crippen LogP contribution in [0.15, 0.2) is 12.4 Å². The quantitative estimate of drug-likeness (QED) is 0.848. The molecule has 1 unspecified atom stereocenters. The Morgan fingerprint density at radius 3 is 2.57 bits per heavy atom. The van der Waals surface area contributed by atoms with Gasteiger partial charge in [0.25, 0.3) is 0 Å². The van der Waals surface area contributed by atoms with Crippen molar-refractivity contribution >= 4 is 5.95 Å². The first-order valence-electron chi connectivity index (χ1n) is 7.59. The molecule has 1 aromatic heterocycles. The van der Waals surface area contributed by atoms with Crippen LogP contribution in [0.1, 0.15) is 25.7 Å². The molecule has 0 amide bonds. The lowest BCUT2D eigenvalue weighted by Crippen LogP contribution is -2.53. The highest BCUT2D eigenvalue weighted by Gasteiger charge is 2.45. The fourth-order valence-electron chi connectivity index (χ4n) is 3.77. The van der Waals surface area contributed by atoms with E-state index in [-0.39, 0.29) is 5.82 Å². The minimum absolute atomic E-state index is 0.291.